The Morgan fingerprint density at radius 1 is 1.04 bits per heavy atom. The number of halogens is 5. The van der Waals surface area contributed by atoms with Crippen LogP contribution in [0.5, 0.6) is 0 Å². The van der Waals surface area contributed by atoms with E-state index in [9.17, 15) is 22.0 Å². The first kappa shape index (κ1) is 16.7. The van der Waals surface area contributed by atoms with Gasteiger partial charge in [-0.25, -0.2) is 18.7 Å². The second-order valence-electron chi connectivity index (χ2n) is 4.77. The average Bonchev–Trinajstić information content (AvgIpc) is 3.05. The summed E-state index contributed by atoms with van der Waals surface area (Å²) in [6.07, 6.45) is -2.45. The molecule has 6 nitrogen and oxygen atoms in total. The van der Waals surface area contributed by atoms with Crippen LogP contribution in [0.2, 0.25) is 0 Å². The van der Waals surface area contributed by atoms with Gasteiger partial charge in [0.15, 0.2) is 0 Å². The van der Waals surface area contributed by atoms with Gasteiger partial charge in [-0.1, -0.05) is 11.2 Å². The van der Waals surface area contributed by atoms with E-state index in [1.165, 1.54) is 6.07 Å². The van der Waals surface area contributed by atoms with E-state index < -0.39 is 23.7 Å². The van der Waals surface area contributed by atoms with Crippen LogP contribution in [0.25, 0.3) is 11.4 Å². The van der Waals surface area contributed by atoms with Crippen LogP contribution in [0, 0.1) is 11.6 Å². The minimum Gasteiger partial charge on any atom is -0.350 e. The molecule has 0 saturated heterocycles. The van der Waals surface area contributed by atoms with Gasteiger partial charge in [0.05, 0.1) is 5.56 Å². The van der Waals surface area contributed by atoms with Crippen LogP contribution < -0.4 is 5.32 Å². The summed E-state index contributed by atoms with van der Waals surface area (Å²) in [6.45, 7) is -0.210. The molecule has 0 atom stereocenters. The van der Waals surface area contributed by atoms with Crippen molar-refractivity contribution < 1.29 is 26.5 Å². The largest absolute Gasteiger partial charge is 0.471 e. The maximum Gasteiger partial charge on any atom is 0.471 e. The summed E-state index contributed by atoms with van der Waals surface area (Å²) in [7, 11) is 0. The molecule has 0 unspecified atom stereocenters. The molecule has 0 radical (unpaired) electrons. The second-order valence-corrected chi connectivity index (χ2v) is 4.77. The Kier molecular flexibility index (Phi) is 4.30. The molecule has 0 spiro atoms. The molecule has 2 aromatic heterocycles. The van der Waals surface area contributed by atoms with Gasteiger partial charge in [0, 0.05) is 24.5 Å². The van der Waals surface area contributed by atoms with Crippen LogP contribution in [-0.4, -0.2) is 20.1 Å². The molecule has 1 aromatic carbocycles. The molecule has 0 aliphatic carbocycles. The Bertz CT molecular complexity index is 858. The van der Waals surface area contributed by atoms with Gasteiger partial charge in [-0.15, -0.1) is 0 Å². The summed E-state index contributed by atoms with van der Waals surface area (Å²) in [5, 5.41) is 5.80. The standard InChI is InChI=1S/C14H8F5N5O/c15-9-2-1-3-10(16)8(9)6-22-13-20-4-7(5-21-13)11-23-12(25-24-11)14(17,18)19/h1-5H,6H2,(H,20,21,22). The van der Waals surface area contributed by atoms with Crippen molar-refractivity contribution in [3.63, 3.8) is 0 Å². The van der Waals surface area contributed by atoms with Crippen molar-refractivity contribution in [3.05, 3.63) is 53.7 Å². The van der Waals surface area contributed by atoms with Crippen molar-refractivity contribution in [2.45, 2.75) is 12.7 Å². The SMILES string of the molecule is Fc1cccc(F)c1CNc1ncc(-c2noc(C(F)(F)F)n2)cn1. The fourth-order valence-corrected chi connectivity index (χ4v) is 1.86. The monoisotopic (exact) mass is 357 g/mol. The zero-order valence-electron chi connectivity index (χ0n) is 12.2. The predicted molar refractivity (Wildman–Crippen MR) is 74.0 cm³/mol. The topological polar surface area (TPSA) is 76.7 Å². The van der Waals surface area contributed by atoms with E-state index >= 15 is 0 Å². The van der Waals surface area contributed by atoms with Crippen molar-refractivity contribution in [3.8, 4) is 11.4 Å². The zero-order valence-corrected chi connectivity index (χ0v) is 12.2. The number of benzene rings is 1. The number of alkyl halides is 3. The highest BCUT2D eigenvalue weighted by Gasteiger charge is 2.38. The zero-order chi connectivity index (χ0) is 18.0. The molecule has 0 aliphatic heterocycles. The molecular weight excluding hydrogens is 349 g/mol. The highest BCUT2D eigenvalue weighted by Crippen LogP contribution is 2.29. The molecule has 3 rings (SSSR count). The van der Waals surface area contributed by atoms with E-state index in [1.807, 2.05) is 0 Å². The van der Waals surface area contributed by atoms with Gasteiger partial charge >= 0.3 is 12.1 Å². The Morgan fingerprint density at radius 3 is 2.24 bits per heavy atom. The predicted octanol–water partition coefficient (Wildman–Crippen LogP) is 3.44. The summed E-state index contributed by atoms with van der Waals surface area (Å²) in [5.41, 5.74) is -0.106. The molecule has 3 aromatic rings. The normalized spacial score (nSPS) is 11.6. The number of hydrogen-bond acceptors (Lipinski definition) is 6. The first-order valence-corrected chi connectivity index (χ1v) is 6.74. The van der Waals surface area contributed by atoms with Gasteiger partial charge in [-0.3, -0.25) is 0 Å². The molecule has 0 fully saturated rings. The quantitative estimate of drug-likeness (QED) is 0.721. The molecule has 25 heavy (non-hydrogen) atoms. The maximum atomic E-state index is 13.5. The lowest BCUT2D eigenvalue weighted by Gasteiger charge is -2.07. The molecule has 130 valence electrons. The van der Waals surface area contributed by atoms with Crippen molar-refractivity contribution in [1.29, 1.82) is 0 Å². The highest BCUT2D eigenvalue weighted by molar-refractivity contribution is 5.52. The number of nitrogens with one attached hydrogen (secondary N) is 1. The summed E-state index contributed by atoms with van der Waals surface area (Å²) >= 11 is 0. The molecule has 0 amide bonds. The number of hydrogen-bond donors (Lipinski definition) is 1. The smallest absolute Gasteiger partial charge is 0.350 e. The number of rotatable bonds is 4. The van der Waals surface area contributed by atoms with Crippen LogP contribution >= 0.6 is 0 Å². The Morgan fingerprint density at radius 2 is 1.68 bits per heavy atom. The van der Waals surface area contributed by atoms with E-state index in [1.54, 1.807) is 0 Å². The third kappa shape index (κ3) is 3.70. The summed E-state index contributed by atoms with van der Waals surface area (Å²) in [5.74, 6) is -3.25. The minimum atomic E-state index is -4.75. The molecule has 11 heteroatoms. The van der Waals surface area contributed by atoms with Gasteiger partial charge in [-0.2, -0.15) is 18.2 Å². The van der Waals surface area contributed by atoms with E-state index in [2.05, 4.69) is 29.9 Å². The second kappa shape index (κ2) is 6.42. The molecular formula is C14H8F5N5O. The molecule has 0 saturated carbocycles. The van der Waals surface area contributed by atoms with E-state index in [0.717, 1.165) is 24.5 Å². The summed E-state index contributed by atoms with van der Waals surface area (Å²) < 4.78 is 68.3. The third-order valence-electron chi connectivity index (χ3n) is 3.06. The number of anilines is 1. The van der Waals surface area contributed by atoms with Gasteiger partial charge < -0.3 is 9.84 Å². The Labute approximate surface area is 136 Å². The van der Waals surface area contributed by atoms with Crippen LogP contribution in [0.1, 0.15) is 11.5 Å². The van der Waals surface area contributed by atoms with Crippen molar-refractivity contribution in [2.75, 3.05) is 5.32 Å². The lowest BCUT2D eigenvalue weighted by Crippen LogP contribution is -2.07. The van der Waals surface area contributed by atoms with Crippen molar-refractivity contribution >= 4 is 5.95 Å². The third-order valence-corrected chi connectivity index (χ3v) is 3.06. The van der Waals surface area contributed by atoms with Crippen molar-refractivity contribution in [1.82, 2.24) is 20.1 Å². The fraction of sp³-hybridized carbons (Fsp3) is 0.143. The highest BCUT2D eigenvalue weighted by atomic mass is 19.4. The van der Waals surface area contributed by atoms with E-state index in [0.29, 0.717) is 0 Å². The van der Waals surface area contributed by atoms with Gasteiger partial charge in [0.1, 0.15) is 11.6 Å². The summed E-state index contributed by atoms with van der Waals surface area (Å²) in [4.78, 5) is 10.9. The molecule has 0 aliphatic rings. The fourth-order valence-electron chi connectivity index (χ4n) is 1.86. The lowest BCUT2D eigenvalue weighted by atomic mass is 10.2. The molecule has 2 heterocycles. The van der Waals surface area contributed by atoms with Crippen LogP contribution in [0.3, 0.4) is 0 Å². The minimum absolute atomic E-state index is 0.0194. The first-order valence-electron chi connectivity index (χ1n) is 6.74. The lowest BCUT2D eigenvalue weighted by molar-refractivity contribution is -0.159. The maximum absolute atomic E-state index is 13.5. The van der Waals surface area contributed by atoms with Crippen LogP contribution in [0.15, 0.2) is 35.1 Å². The van der Waals surface area contributed by atoms with E-state index in [4.69, 9.17) is 0 Å². The first-order chi connectivity index (χ1) is 11.8. The van der Waals surface area contributed by atoms with Gasteiger partial charge in [0.25, 0.3) is 0 Å². The van der Waals surface area contributed by atoms with Gasteiger partial charge in [0.2, 0.25) is 11.8 Å². The molecule has 0 bridgehead atoms. The van der Waals surface area contributed by atoms with E-state index in [-0.39, 0.29) is 29.4 Å². The summed E-state index contributed by atoms with van der Waals surface area (Å²) in [6, 6.07) is 3.45. The Balaban J connectivity index is 1.71. The van der Waals surface area contributed by atoms with Gasteiger partial charge in [-0.05, 0) is 12.1 Å². The average molecular weight is 357 g/mol. The Hall–Kier alpha value is -3.11. The van der Waals surface area contributed by atoms with Crippen LogP contribution in [0.4, 0.5) is 27.9 Å². The number of aromatic nitrogens is 4. The van der Waals surface area contributed by atoms with Crippen molar-refractivity contribution in [2.24, 2.45) is 0 Å². The number of nitrogens with zero attached hydrogens (tertiary/aromatic N) is 4. The molecule has 1 N–H and O–H groups in total. The van der Waals surface area contributed by atoms with Crippen LogP contribution in [-0.2, 0) is 12.7 Å².